The first-order valence-electron chi connectivity index (χ1n) is 5.24. The van der Waals surface area contributed by atoms with Gasteiger partial charge in [-0.15, -0.1) is 0 Å². The number of halogens is 3. The molecule has 3 rings (SSSR count). The lowest BCUT2D eigenvalue weighted by molar-refractivity contribution is -0.144. The Balaban J connectivity index is 2.01. The third-order valence-electron chi connectivity index (χ3n) is 2.46. The molecule has 8 heteroatoms. The summed E-state index contributed by atoms with van der Waals surface area (Å²) in [6.07, 6.45) is 0.834. The Labute approximate surface area is 104 Å². The predicted molar refractivity (Wildman–Crippen MR) is 59.9 cm³/mol. The molecule has 0 aromatic carbocycles. The molecule has 0 spiro atoms. The minimum atomic E-state index is -4.55. The van der Waals surface area contributed by atoms with Crippen molar-refractivity contribution in [2.45, 2.75) is 6.18 Å². The van der Waals surface area contributed by atoms with Crippen LogP contribution in [0.2, 0.25) is 0 Å². The Bertz CT molecular complexity index is 717. The van der Waals surface area contributed by atoms with Gasteiger partial charge in [0.25, 0.3) is 0 Å². The normalized spacial score (nSPS) is 11.9. The molecule has 0 saturated heterocycles. The number of hydrogen-bond acceptors (Lipinski definition) is 4. The molecule has 0 unspecified atom stereocenters. The zero-order valence-corrected chi connectivity index (χ0v) is 9.31. The SMILES string of the molecule is FC(F)(F)c1ncc(-c2ncc3cc[nH]c3n2)cn1. The number of nitrogens with one attached hydrogen (secondary N) is 1. The molecule has 0 radical (unpaired) electrons. The molecule has 3 heterocycles. The van der Waals surface area contributed by atoms with E-state index in [1.165, 1.54) is 0 Å². The Hall–Kier alpha value is -2.51. The highest BCUT2D eigenvalue weighted by Crippen LogP contribution is 2.26. The smallest absolute Gasteiger partial charge is 0.346 e. The Morgan fingerprint density at radius 2 is 1.74 bits per heavy atom. The minimum absolute atomic E-state index is 0.267. The van der Waals surface area contributed by atoms with Crippen LogP contribution in [0, 0.1) is 0 Å². The highest BCUT2D eigenvalue weighted by atomic mass is 19.4. The molecular weight excluding hydrogens is 259 g/mol. The Morgan fingerprint density at radius 3 is 2.42 bits per heavy atom. The topological polar surface area (TPSA) is 67.3 Å². The van der Waals surface area contributed by atoms with E-state index < -0.39 is 12.0 Å². The van der Waals surface area contributed by atoms with E-state index >= 15 is 0 Å². The van der Waals surface area contributed by atoms with Crippen LogP contribution in [0.5, 0.6) is 0 Å². The van der Waals surface area contributed by atoms with Crippen LogP contribution < -0.4 is 0 Å². The van der Waals surface area contributed by atoms with Gasteiger partial charge in [-0.05, 0) is 6.07 Å². The van der Waals surface area contributed by atoms with Gasteiger partial charge in [0.2, 0.25) is 5.82 Å². The first-order chi connectivity index (χ1) is 9.04. The molecule has 0 bridgehead atoms. The van der Waals surface area contributed by atoms with Gasteiger partial charge in [0.15, 0.2) is 5.82 Å². The maximum atomic E-state index is 12.3. The number of alkyl halides is 3. The second-order valence-electron chi connectivity index (χ2n) is 3.77. The molecule has 0 saturated carbocycles. The summed E-state index contributed by atoms with van der Waals surface area (Å²) < 4.78 is 37.0. The van der Waals surface area contributed by atoms with Crippen LogP contribution in [-0.2, 0) is 6.18 Å². The summed E-state index contributed by atoms with van der Waals surface area (Å²) in [7, 11) is 0. The van der Waals surface area contributed by atoms with E-state index in [4.69, 9.17) is 0 Å². The summed E-state index contributed by atoms with van der Waals surface area (Å²) in [4.78, 5) is 17.6. The first-order valence-corrected chi connectivity index (χ1v) is 5.24. The summed E-state index contributed by atoms with van der Waals surface area (Å²) in [5.41, 5.74) is 0.925. The number of aromatic nitrogens is 5. The number of rotatable bonds is 1. The van der Waals surface area contributed by atoms with E-state index in [0.29, 0.717) is 11.2 Å². The van der Waals surface area contributed by atoms with Crippen molar-refractivity contribution in [2.75, 3.05) is 0 Å². The van der Waals surface area contributed by atoms with Crippen LogP contribution in [0.4, 0.5) is 13.2 Å². The van der Waals surface area contributed by atoms with E-state index in [9.17, 15) is 13.2 Å². The van der Waals surface area contributed by atoms with E-state index in [-0.39, 0.29) is 5.82 Å². The molecule has 0 atom stereocenters. The highest BCUT2D eigenvalue weighted by Gasteiger charge is 2.34. The fraction of sp³-hybridized carbons (Fsp3) is 0.0909. The van der Waals surface area contributed by atoms with Crippen molar-refractivity contribution in [1.82, 2.24) is 24.9 Å². The molecule has 19 heavy (non-hydrogen) atoms. The van der Waals surface area contributed by atoms with Crippen molar-refractivity contribution in [3.63, 3.8) is 0 Å². The van der Waals surface area contributed by atoms with Crippen LogP contribution in [-0.4, -0.2) is 24.9 Å². The van der Waals surface area contributed by atoms with Gasteiger partial charge in [-0.25, -0.2) is 19.9 Å². The Kier molecular flexibility index (Phi) is 2.44. The molecule has 5 nitrogen and oxygen atoms in total. The maximum absolute atomic E-state index is 12.3. The third kappa shape index (κ3) is 2.12. The van der Waals surface area contributed by atoms with Gasteiger partial charge in [0, 0.05) is 30.2 Å². The van der Waals surface area contributed by atoms with Crippen molar-refractivity contribution in [2.24, 2.45) is 0 Å². The van der Waals surface area contributed by atoms with E-state index in [2.05, 4.69) is 24.9 Å². The second kappa shape index (κ2) is 4.01. The van der Waals surface area contributed by atoms with Crippen molar-refractivity contribution >= 4 is 11.0 Å². The minimum Gasteiger partial charge on any atom is -0.346 e. The molecule has 0 aliphatic heterocycles. The maximum Gasteiger partial charge on any atom is 0.451 e. The average molecular weight is 265 g/mol. The van der Waals surface area contributed by atoms with Crippen LogP contribution in [0.25, 0.3) is 22.4 Å². The molecular formula is C11H6F3N5. The van der Waals surface area contributed by atoms with Gasteiger partial charge in [-0.2, -0.15) is 13.2 Å². The van der Waals surface area contributed by atoms with Crippen LogP contribution in [0.3, 0.4) is 0 Å². The summed E-state index contributed by atoms with van der Waals surface area (Å²) in [6, 6.07) is 1.79. The molecule has 96 valence electrons. The highest BCUT2D eigenvalue weighted by molar-refractivity contribution is 5.76. The van der Waals surface area contributed by atoms with Gasteiger partial charge in [-0.1, -0.05) is 0 Å². The van der Waals surface area contributed by atoms with Crippen molar-refractivity contribution in [1.29, 1.82) is 0 Å². The van der Waals surface area contributed by atoms with Crippen molar-refractivity contribution in [3.05, 3.63) is 36.7 Å². The second-order valence-corrected chi connectivity index (χ2v) is 3.77. The monoisotopic (exact) mass is 265 g/mol. The summed E-state index contributed by atoms with van der Waals surface area (Å²) >= 11 is 0. The van der Waals surface area contributed by atoms with Crippen LogP contribution in [0.15, 0.2) is 30.9 Å². The summed E-state index contributed by atoms with van der Waals surface area (Å²) in [6.45, 7) is 0. The zero-order chi connectivity index (χ0) is 13.5. The lowest BCUT2D eigenvalue weighted by atomic mass is 10.3. The van der Waals surface area contributed by atoms with Gasteiger partial charge in [0.1, 0.15) is 5.65 Å². The fourth-order valence-corrected chi connectivity index (χ4v) is 1.57. The van der Waals surface area contributed by atoms with Gasteiger partial charge in [-0.3, -0.25) is 0 Å². The number of hydrogen-bond donors (Lipinski definition) is 1. The molecule has 0 aliphatic rings. The number of aromatic amines is 1. The van der Waals surface area contributed by atoms with Crippen LogP contribution in [0.1, 0.15) is 5.82 Å². The van der Waals surface area contributed by atoms with Gasteiger partial charge in [0.05, 0.1) is 5.56 Å². The standard InChI is InChI=1S/C11H6F3N5/c12-11(13,14)10-17-4-7(5-18-10)9-16-3-6-1-2-15-8(6)19-9/h1-5H,(H,15,16,19). The van der Waals surface area contributed by atoms with E-state index in [0.717, 1.165) is 17.8 Å². The average Bonchev–Trinajstić information content (AvgIpc) is 2.85. The first kappa shape index (κ1) is 11.6. The van der Waals surface area contributed by atoms with Crippen LogP contribution >= 0.6 is 0 Å². The molecule has 3 aromatic heterocycles. The van der Waals surface area contributed by atoms with E-state index in [1.807, 2.05) is 0 Å². The third-order valence-corrected chi connectivity index (χ3v) is 2.46. The van der Waals surface area contributed by atoms with Crippen molar-refractivity contribution in [3.8, 4) is 11.4 Å². The lowest BCUT2D eigenvalue weighted by Gasteiger charge is -2.04. The van der Waals surface area contributed by atoms with Gasteiger partial charge < -0.3 is 4.98 Å². The fourth-order valence-electron chi connectivity index (χ4n) is 1.57. The van der Waals surface area contributed by atoms with E-state index in [1.54, 1.807) is 18.5 Å². The number of H-pyrrole nitrogens is 1. The van der Waals surface area contributed by atoms with Gasteiger partial charge >= 0.3 is 6.18 Å². The molecule has 0 amide bonds. The lowest BCUT2D eigenvalue weighted by Crippen LogP contribution is -2.10. The molecule has 1 N–H and O–H groups in total. The quantitative estimate of drug-likeness (QED) is 0.733. The predicted octanol–water partition coefficient (Wildman–Crippen LogP) is 2.43. The largest absolute Gasteiger partial charge is 0.451 e. The molecule has 3 aromatic rings. The summed E-state index contributed by atoms with van der Waals surface area (Å²) in [5.74, 6) is -0.916. The molecule has 0 aliphatic carbocycles. The number of nitrogens with zero attached hydrogens (tertiary/aromatic N) is 4. The summed E-state index contributed by atoms with van der Waals surface area (Å²) in [5, 5.41) is 0.816. The Morgan fingerprint density at radius 1 is 1.00 bits per heavy atom. The zero-order valence-electron chi connectivity index (χ0n) is 9.31. The molecule has 0 fully saturated rings. The van der Waals surface area contributed by atoms with Crippen molar-refractivity contribution < 1.29 is 13.2 Å². The number of fused-ring (bicyclic) bond motifs is 1.